The number of hydrogen-bond donors (Lipinski definition) is 1. The van der Waals surface area contributed by atoms with Gasteiger partial charge in [0.05, 0.1) is 11.7 Å². The Morgan fingerprint density at radius 1 is 1.43 bits per heavy atom. The predicted molar refractivity (Wildman–Crippen MR) is 82.4 cm³/mol. The molecule has 0 aliphatic carbocycles. The fraction of sp³-hybridized carbons (Fsp3) is 0.333. The van der Waals surface area contributed by atoms with Crippen molar-refractivity contribution in [3.05, 3.63) is 47.3 Å². The number of nitrogens with two attached hydrogens (primary N) is 1. The van der Waals surface area contributed by atoms with Crippen LogP contribution in [0.3, 0.4) is 0 Å². The van der Waals surface area contributed by atoms with E-state index in [1.807, 2.05) is 17.9 Å². The van der Waals surface area contributed by atoms with Crippen molar-refractivity contribution in [2.75, 3.05) is 12.3 Å². The third-order valence-electron chi connectivity index (χ3n) is 3.62. The van der Waals surface area contributed by atoms with E-state index in [1.165, 1.54) is 0 Å². The summed E-state index contributed by atoms with van der Waals surface area (Å²) < 4.78 is 5.32. The van der Waals surface area contributed by atoms with Crippen molar-refractivity contribution >= 4 is 24.0 Å². The van der Waals surface area contributed by atoms with Crippen molar-refractivity contribution in [1.82, 2.24) is 10.1 Å². The molecule has 1 atom stereocenters. The van der Waals surface area contributed by atoms with Gasteiger partial charge in [0.1, 0.15) is 0 Å². The Labute approximate surface area is 129 Å². The second kappa shape index (κ2) is 6.18. The number of amides is 1. The topological polar surface area (TPSA) is 72.4 Å². The third-order valence-corrected chi connectivity index (χ3v) is 3.62. The van der Waals surface area contributed by atoms with Crippen molar-refractivity contribution in [3.63, 3.8) is 0 Å². The molecule has 0 spiro atoms. The van der Waals surface area contributed by atoms with E-state index in [-0.39, 0.29) is 24.4 Å². The van der Waals surface area contributed by atoms with Gasteiger partial charge in [0.2, 0.25) is 0 Å². The number of halogens is 1. The molecule has 1 amide bonds. The summed E-state index contributed by atoms with van der Waals surface area (Å²) in [7, 11) is 0. The van der Waals surface area contributed by atoms with Crippen molar-refractivity contribution < 1.29 is 9.32 Å². The number of likely N-dealkylation sites (tertiary alicyclic amines) is 1. The van der Waals surface area contributed by atoms with Gasteiger partial charge in [0.25, 0.3) is 5.91 Å². The minimum atomic E-state index is -0.0230. The first kappa shape index (κ1) is 15.4. The Bertz CT molecular complexity index is 641. The zero-order chi connectivity index (χ0) is 14.1. The lowest BCUT2D eigenvalue weighted by atomic mass is 10.1. The number of nitrogens with zero attached hydrogens (tertiary/aromatic N) is 2. The molecule has 2 aromatic rings. The van der Waals surface area contributed by atoms with Crippen LogP contribution in [0.15, 0.2) is 34.9 Å². The molecule has 1 aliphatic rings. The van der Waals surface area contributed by atoms with Gasteiger partial charge in [-0.2, -0.15) is 0 Å². The average Bonchev–Trinajstić information content (AvgIpc) is 3.06. The zero-order valence-electron chi connectivity index (χ0n) is 11.8. The van der Waals surface area contributed by atoms with E-state index >= 15 is 0 Å². The summed E-state index contributed by atoms with van der Waals surface area (Å²) in [6.07, 6.45) is 1.88. The van der Waals surface area contributed by atoms with E-state index in [0.717, 1.165) is 30.8 Å². The van der Waals surface area contributed by atoms with Crippen LogP contribution in [-0.4, -0.2) is 22.5 Å². The second-order valence-electron chi connectivity index (χ2n) is 5.15. The highest BCUT2D eigenvalue weighted by atomic mass is 35.5. The largest absolute Gasteiger partial charge is 0.399 e. The minimum absolute atomic E-state index is 0. The van der Waals surface area contributed by atoms with Crippen molar-refractivity contribution in [1.29, 1.82) is 0 Å². The monoisotopic (exact) mass is 307 g/mol. The molecule has 1 aromatic heterocycles. The Hall–Kier alpha value is -2.01. The molecule has 0 saturated carbocycles. The normalized spacial score (nSPS) is 17.6. The summed E-state index contributed by atoms with van der Waals surface area (Å²) in [4.78, 5) is 14.4. The molecule has 5 nitrogen and oxygen atoms in total. The van der Waals surface area contributed by atoms with Gasteiger partial charge < -0.3 is 15.2 Å². The van der Waals surface area contributed by atoms with Crippen LogP contribution in [0.4, 0.5) is 5.69 Å². The molecule has 21 heavy (non-hydrogen) atoms. The number of nitrogen functional groups attached to an aromatic ring is 1. The molecule has 1 aliphatic heterocycles. The van der Waals surface area contributed by atoms with Crippen LogP contribution in [-0.2, 0) is 0 Å². The summed E-state index contributed by atoms with van der Waals surface area (Å²) in [5.74, 6) is 0.756. The van der Waals surface area contributed by atoms with Crippen LogP contribution in [0.5, 0.6) is 0 Å². The third kappa shape index (κ3) is 3.03. The molecule has 112 valence electrons. The number of anilines is 1. The lowest BCUT2D eigenvalue weighted by Crippen LogP contribution is -2.30. The maximum Gasteiger partial charge on any atom is 0.254 e. The van der Waals surface area contributed by atoms with Crippen LogP contribution in [0.1, 0.15) is 40.7 Å². The predicted octanol–water partition coefficient (Wildman–Crippen LogP) is 2.96. The van der Waals surface area contributed by atoms with Gasteiger partial charge in [0, 0.05) is 23.9 Å². The quantitative estimate of drug-likeness (QED) is 0.866. The SMILES string of the molecule is Cc1cc(C2CCCN2C(=O)c2cccc(N)c2)on1.Cl. The van der Waals surface area contributed by atoms with Crippen molar-refractivity contribution in [2.45, 2.75) is 25.8 Å². The number of carbonyl (C=O) groups excluding carboxylic acids is 1. The maximum atomic E-state index is 12.6. The molecule has 0 radical (unpaired) electrons. The van der Waals surface area contributed by atoms with E-state index in [1.54, 1.807) is 24.3 Å². The smallest absolute Gasteiger partial charge is 0.254 e. The summed E-state index contributed by atoms with van der Waals surface area (Å²) in [6.45, 7) is 2.62. The first-order valence-electron chi connectivity index (χ1n) is 6.75. The van der Waals surface area contributed by atoms with Gasteiger partial charge in [0.15, 0.2) is 5.76 Å². The Balaban J connectivity index is 0.00000161. The maximum absolute atomic E-state index is 12.6. The second-order valence-corrected chi connectivity index (χ2v) is 5.15. The molecule has 1 aromatic carbocycles. The Morgan fingerprint density at radius 2 is 2.24 bits per heavy atom. The van der Waals surface area contributed by atoms with Crippen LogP contribution in [0, 0.1) is 6.92 Å². The number of carbonyl (C=O) groups is 1. The average molecular weight is 308 g/mol. The lowest BCUT2D eigenvalue weighted by molar-refractivity contribution is 0.0714. The number of aryl methyl sites for hydroxylation is 1. The van der Waals surface area contributed by atoms with Crippen LogP contribution < -0.4 is 5.73 Å². The molecule has 0 bridgehead atoms. The van der Waals surface area contributed by atoms with Gasteiger partial charge in [-0.3, -0.25) is 4.79 Å². The summed E-state index contributed by atoms with van der Waals surface area (Å²) in [5.41, 5.74) is 7.80. The molecule has 1 unspecified atom stereocenters. The van der Waals surface area contributed by atoms with E-state index in [0.29, 0.717) is 11.3 Å². The van der Waals surface area contributed by atoms with E-state index in [9.17, 15) is 4.79 Å². The molecule has 2 N–H and O–H groups in total. The number of benzene rings is 1. The first-order valence-corrected chi connectivity index (χ1v) is 6.75. The van der Waals surface area contributed by atoms with Gasteiger partial charge >= 0.3 is 0 Å². The van der Waals surface area contributed by atoms with Crippen molar-refractivity contribution in [3.8, 4) is 0 Å². The molecule has 3 rings (SSSR count). The summed E-state index contributed by atoms with van der Waals surface area (Å²) >= 11 is 0. The summed E-state index contributed by atoms with van der Waals surface area (Å²) in [5, 5.41) is 3.91. The molecular formula is C15H18ClN3O2. The number of rotatable bonds is 2. The highest BCUT2D eigenvalue weighted by Gasteiger charge is 2.33. The number of aromatic nitrogens is 1. The Morgan fingerprint density at radius 3 is 2.90 bits per heavy atom. The molecule has 1 saturated heterocycles. The van der Waals surface area contributed by atoms with Gasteiger partial charge in [-0.1, -0.05) is 11.2 Å². The zero-order valence-corrected chi connectivity index (χ0v) is 12.6. The highest BCUT2D eigenvalue weighted by Crippen LogP contribution is 2.33. The van der Waals surface area contributed by atoms with Crippen LogP contribution in [0.2, 0.25) is 0 Å². The van der Waals surface area contributed by atoms with Gasteiger partial charge in [-0.05, 0) is 38.0 Å². The molecule has 6 heteroatoms. The minimum Gasteiger partial charge on any atom is -0.399 e. The van der Waals surface area contributed by atoms with E-state index in [4.69, 9.17) is 10.3 Å². The van der Waals surface area contributed by atoms with E-state index < -0.39 is 0 Å². The van der Waals surface area contributed by atoms with Crippen LogP contribution in [0.25, 0.3) is 0 Å². The fourth-order valence-corrected chi connectivity index (χ4v) is 2.68. The van der Waals surface area contributed by atoms with Gasteiger partial charge in [-0.25, -0.2) is 0 Å². The molecule has 2 heterocycles. The lowest BCUT2D eigenvalue weighted by Gasteiger charge is -2.22. The standard InChI is InChI=1S/C15H17N3O2.ClH/c1-10-8-14(20-17-10)13-6-3-7-18(13)15(19)11-4-2-5-12(16)9-11;/h2,4-5,8-9,13H,3,6-7,16H2,1H3;1H. The van der Waals surface area contributed by atoms with Gasteiger partial charge in [-0.15, -0.1) is 12.4 Å². The van der Waals surface area contributed by atoms with E-state index in [2.05, 4.69) is 5.16 Å². The fourth-order valence-electron chi connectivity index (χ4n) is 2.68. The van der Waals surface area contributed by atoms with Crippen molar-refractivity contribution in [2.24, 2.45) is 0 Å². The first-order chi connectivity index (χ1) is 9.65. The summed E-state index contributed by atoms with van der Waals surface area (Å²) in [6, 6.07) is 8.95. The molecular weight excluding hydrogens is 290 g/mol. The highest BCUT2D eigenvalue weighted by molar-refractivity contribution is 5.95. The Kier molecular flexibility index (Phi) is 4.53. The molecule has 1 fully saturated rings. The van der Waals surface area contributed by atoms with Crippen LogP contribution >= 0.6 is 12.4 Å². The number of hydrogen-bond acceptors (Lipinski definition) is 4.